The molecule has 1 aromatic heterocycles. The number of ether oxygens (including phenoxy) is 2. The van der Waals surface area contributed by atoms with E-state index in [4.69, 9.17) is 9.47 Å². The number of methoxy groups -OCH3 is 2. The summed E-state index contributed by atoms with van der Waals surface area (Å²) in [6.45, 7) is 0. The van der Waals surface area contributed by atoms with E-state index in [2.05, 4.69) is 10.3 Å². The van der Waals surface area contributed by atoms with Crippen molar-refractivity contribution < 1.29 is 14.3 Å². The molecule has 2 aromatic carbocycles. The van der Waals surface area contributed by atoms with Crippen molar-refractivity contribution in [3.05, 3.63) is 89.7 Å². The van der Waals surface area contributed by atoms with Gasteiger partial charge in [0.05, 0.1) is 26.0 Å². The summed E-state index contributed by atoms with van der Waals surface area (Å²) in [5.41, 5.74) is 2.18. The number of hydrogen-bond acceptors (Lipinski definition) is 4. The molecule has 1 amide bonds. The van der Waals surface area contributed by atoms with E-state index >= 15 is 0 Å². The van der Waals surface area contributed by atoms with Gasteiger partial charge in [0, 0.05) is 17.8 Å². The van der Waals surface area contributed by atoms with Crippen LogP contribution in [0.5, 0.6) is 11.5 Å². The highest BCUT2D eigenvalue weighted by Gasteiger charge is 2.19. The lowest BCUT2D eigenvalue weighted by Crippen LogP contribution is -2.30. The summed E-state index contributed by atoms with van der Waals surface area (Å²) in [5.74, 6) is 0.883. The quantitative estimate of drug-likeness (QED) is 0.739. The molecule has 3 rings (SSSR count). The minimum absolute atomic E-state index is 0.235. The first kappa shape index (κ1) is 17.5. The zero-order chi connectivity index (χ0) is 18.4. The molecule has 1 atom stereocenters. The second-order valence-electron chi connectivity index (χ2n) is 5.67. The lowest BCUT2D eigenvalue weighted by molar-refractivity contribution is 0.0941. The molecule has 0 saturated heterocycles. The molecule has 0 spiro atoms. The van der Waals surface area contributed by atoms with Gasteiger partial charge in [-0.05, 0) is 29.8 Å². The van der Waals surface area contributed by atoms with Crippen LogP contribution in [0.15, 0.2) is 72.9 Å². The fourth-order valence-corrected chi connectivity index (χ4v) is 2.67. The Hall–Kier alpha value is -3.34. The summed E-state index contributed by atoms with van der Waals surface area (Å²) in [4.78, 5) is 17.3. The standard InChI is InChI=1S/C21H20N2O3/c1-25-17-12-16(13-18(14-17)26-2)21(24)23-20(15-8-4-3-5-9-15)19-10-6-7-11-22-19/h3-14,20H,1-2H3,(H,23,24)/t20-/m0/s1. The van der Waals surface area contributed by atoms with Gasteiger partial charge in [-0.2, -0.15) is 0 Å². The minimum atomic E-state index is -0.359. The van der Waals surface area contributed by atoms with Crippen molar-refractivity contribution in [2.24, 2.45) is 0 Å². The average molecular weight is 348 g/mol. The van der Waals surface area contributed by atoms with Gasteiger partial charge in [0.15, 0.2) is 0 Å². The molecule has 0 bridgehead atoms. The molecular weight excluding hydrogens is 328 g/mol. The monoisotopic (exact) mass is 348 g/mol. The van der Waals surface area contributed by atoms with Crippen LogP contribution in [0.2, 0.25) is 0 Å². The van der Waals surface area contributed by atoms with Crippen LogP contribution in [0.3, 0.4) is 0 Å². The maximum Gasteiger partial charge on any atom is 0.252 e. The van der Waals surface area contributed by atoms with E-state index in [1.807, 2.05) is 48.5 Å². The van der Waals surface area contributed by atoms with Crippen molar-refractivity contribution in [2.45, 2.75) is 6.04 Å². The Morgan fingerprint density at radius 2 is 1.58 bits per heavy atom. The normalized spacial score (nSPS) is 11.5. The van der Waals surface area contributed by atoms with Gasteiger partial charge in [0.25, 0.3) is 5.91 Å². The van der Waals surface area contributed by atoms with E-state index in [1.54, 1.807) is 38.6 Å². The van der Waals surface area contributed by atoms with Crippen molar-refractivity contribution in [3.8, 4) is 11.5 Å². The molecule has 132 valence electrons. The lowest BCUT2D eigenvalue weighted by Gasteiger charge is -2.19. The third kappa shape index (κ3) is 4.00. The van der Waals surface area contributed by atoms with Crippen LogP contribution in [-0.4, -0.2) is 25.1 Å². The largest absolute Gasteiger partial charge is 0.497 e. The van der Waals surface area contributed by atoms with Crippen molar-refractivity contribution in [3.63, 3.8) is 0 Å². The maximum atomic E-state index is 12.9. The van der Waals surface area contributed by atoms with Gasteiger partial charge in [-0.25, -0.2) is 0 Å². The highest BCUT2D eigenvalue weighted by atomic mass is 16.5. The van der Waals surface area contributed by atoms with Gasteiger partial charge in [-0.3, -0.25) is 9.78 Å². The summed E-state index contributed by atoms with van der Waals surface area (Å²) < 4.78 is 10.5. The van der Waals surface area contributed by atoms with E-state index < -0.39 is 0 Å². The molecule has 3 aromatic rings. The third-order valence-corrected chi connectivity index (χ3v) is 4.01. The van der Waals surface area contributed by atoms with Gasteiger partial charge >= 0.3 is 0 Å². The molecule has 0 fully saturated rings. The average Bonchev–Trinajstić information content (AvgIpc) is 2.72. The molecule has 5 nitrogen and oxygen atoms in total. The predicted octanol–water partition coefficient (Wildman–Crippen LogP) is 3.62. The second kappa shape index (κ2) is 8.16. The van der Waals surface area contributed by atoms with Crippen LogP contribution in [0, 0.1) is 0 Å². The van der Waals surface area contributed by atoms with Crippen LogP contribution < -0.4 is 14.8 Å². The fraction of sp³-hybridized carbons (Fsp3) is 0.143. The van der Waals surface area contributed by atoms with Gasteiger partial charge in [0.1, 0.15) is 11.5 Å². The number of benzene rings is 2. The number of nitrogens with zero attached hydrogens (tertiary/aromatic N) is 1. The smallest absolute Gasteiger partial charge is 0.252 e. The van der Waals surface area contributed by atoms with Crippen LogP contribution in [0.1, 0.15) is 27.7 Å². The number of pyridine rings is 1. The number of carbonyl (C=O) groups is 1. The number of amides is 1. The van der Waals surface area contributed by atoms with Crippen molar-refractivity contribution >= 4 is 5.91 Å². The van der Waals surface area contributed by atoms with Gasteiger partial charge in [-0.1, -0.05) is 36.4 Å². The Bertz CT molecular complexity index is 805. The van der Waals surface area contributed by atoms with E-state index in [1.165, 1.54) is 0 Å². The van der Waals surface area contributed by atoms with E-state index in [-0.39, 0.29) is 11.9 Å². The topological polar surface area (TPSA) is 60.5 Å². The number of rotatable bonds is 6. The summed E-state index contributed by atoms with van der Waals surface area (Å²) >= 11 is 0. The molecule has 0 aliphatic rings. The maximum absolute atomic E-state index is 12.9. The van der Waals surface area contributed by atoms with Gasteiger partial charge in [-0.15, -0.1) is 0 Å². The molecule has 1 N–H and O–H groups in total. The van der Waals surface area contributed by atoms with Crippen molar-refractivity contribution in [2.75, 3.05) is 14.2 Å². The first-order chi connectivity index (χ1) is 12.7. The fourth-order valence-electron chi connectivity index (χ4n) is 2.67. The number of nitrogens with one attached hydrogen (secondary N) is 1. The Labute approximate surface area is 152 Å². The summed E-state index contributed by atoms with van der Waals surface area (Å²) in [6, 6.07) is 20.1. The van der Waals surface area contributed by atoms with Gasteiger partial charge < -0.3 is 14.8 Å². The summed E-state index contributed by atoms with van der Waals surface area (Å²) in [7, 11) is 3.11. The predicted molar refractivity (Wildman–Crippen MR) is 99.5 cm³/mol. The molecule has 0 unspecified atom stereocenters. The molecule has 0 radical (unpaired) electrons. The van der Waals surface area contributed by atoms with Crippen LogP contribution >= 0.6 is 0 Å². The highest BCUT2D eigenvalue weighted by Crippen LogP contribution is 2.24. The number of aromatic nitrogens is 1. The Morgan fingerprint density at radius 3 is 2.15 bits per heavy atom. The molecule has 5 heteroatoms. The highest BCUT2D eigenvalue weighted by molar-refractivity contribution is 5.95. The van der Waals surface area contributed by atoms with Crippen molar-refractivity contribution in [1.29, 1.82) is 0 Å². The van der Waals surface area contributed by atoms with Crippen molar-refractivity contribution in [1.82, 2.24) is 10.3 Å². The SMILES string of the molecule is COc1cc(OC)cc(C(=O)N[C@@H](c2ccccc2)c2ccccn2)c1. The van der Waals surface area contributed by atoms with Gasteiger partial charge in [0.2, 0.25) is 0 Å². The Kier molecular flexibility index (Phi) is 5.49. The zero-order valence-electron chi connectivity index (χ0n) is 14.7. The third-order valence-electron chi connectivity index (χ3n) is 4.01. The minimum Gasteiger partial charge on any atom is -0.497 e. The molecule has 0 aliphatic carbocycles. The molecular formula is C21H20N2O3. The Balaban J connectivity index is 1.93. The van der Waals surface area contributed by atoms with Crippen LogP contribution in [0.4, 0.5) is 0 Å². The van der Waals surface area contributed by atoms with E-state index in [0.29, 0.717) is 17.1 Å². The summed E-state index contributed by atoms with van der Waals surface area (Å²) in [5, 5.41) is 3.06. The second-order valence-corrected chi connectivity index (χ2v) is 5.67. The molecule has 0 saturated carbocycles. The first-order valence-electron chi connectivity index (χ1n) is 8.21. The lowest BCUT2D eigenvalue weighted by atomic mass is 10.0. The van der Waals surface area contributed by atoms with Crippen LogP contribution in [-0.2, 0) is 0 Å². The number of hydrogen-bond donors (Lipinski definition) is 1. The van der Waals surface area contributed by atoms with E-state index in [9.17, 15) is 4.79 Å². The van der Waals surface area contributed by atoms with E-state index in [0.717, 1.165) is 11.3 Å². The molecule has 1 heterocycles. The Morgan fingerprint density at radius 1 is 0.923 bits per heavy atom. The summed E-state index contributed by atoms with van der Waals surface area (Å²) in [6.07, 6.45) is 1.71. The number of carbonyl (C=O) groups excluding carboxylic acids is 1. The molecule has 26 heavy (non-hydrogen) atoms. The zero-order valence-corrected chi connectivity index (χ0v) is 14.7. The molecule has 0 aliphatic heterocycles. The van der Waals surface area contributed by atoms with Crippen LogP contribution in [0.25, 0.3) is 0 Å². The first-order valence-corrected chi connectivity index (χ1v) is 8.21.